The van der Waals surface area contributed by atoms with Crippen molar-refractivity contribution in [3.63, 3.8) is 0 Å². The Morgan fingerprint density at radius 3 is 2.85 bits per heavy atom. The Bertz CT molecular complexity index is 932. The second-order valence-corrected chi connectivity index (χ2v) is 7.67. The van der Waals surface area contributed by atoms with Crippen molar-refractivity contribution in [2.24, 2.45) is 5.10 Å². The lowest BCUT2D eigenvalue weighted by atomic mass is 10.1. The summed E-state index contributed by atoms with van der Waals surface area (Å²) in [5.74, 6) is -1.75. The molecule has 0 fully saturated rings. The third-order valence-corrected chi connectivity index (χ3v) is 6.12. The highest BCUT2D eigenvalue weighted by atomic mass is 32.2. The van der Waals surface area contributed by atoms with Gasteiger partial charge in [0.15, 0.2) is 0 Å². The Morgan fingerprint density at radius 2 is 2.08 bits per heavy atom. The van der Waals surface area contributed by atoms with E-state index in [1.807, 2.05) is 24.3 Å². The highest BCUT2D eigenvalue weighted by molar-refractivity contribution is 8.15. The van der Waals surface area contributed by atoms with Crippen molar-refractivity contribution in [3.05, 3.63) is 70.8 Å². The summed E-state index contributed by atoms with van der Waals surface area (Å²) in [6.07, 6.45) is 0.0707. The van der Waals surface area contributed by atoms with Gasteiger partial charge in [0.1, 0.15) is 27.7 Å². The van der Waals surface area contributed by atoms with Gasteiger partial charge in [-0.15, -0.1) is 0 Å². The van der Waals surface area contributed by atoms with E-state index in [1.54, 1.807) is 0 Å². The van der Waals surface area contributed by atoms with Crippen LogP contribution in [0.4, 0.5) is 8.78 Å². The highest BCUT2D eigenvalue weighted by Crippen LogP contribution is 2.55. The molecule has 0 saturated carbocycles. The summed E-state index contributed by atoms with van der Waals surface area (Å²) >= 11 is 1.23. The number of nitrogens with zero attached hydrogens (tertiary/aromatic N) is 2. The van der Waals surface area contributed by atoms with Crippen LogP contribution in [0.1, 0.15) is 30.0 Å². The lowest BCUT2D eigenvalue weighted by molar-refractivity contribution is -0.142. The van der Waals surface area contributed by atoms with Crippen LogP contribution in [0.15, 0.2) is 47.6 Å². The molecule has 1 amide bonds. The summed E-state index contributed by atoms with van der Waals surface area (Å²) in [4.78, 5) is 11.8. The van der Waals surface area contributed by atoms with Gasteiger partial charge in [-0.1, -0.05) is 36.0 Å². The molecule has 26 heavy (non-hydrogen) atoms. The number of aryl methyl sites for hydroxylation is 1. The van der Waals surface area contributed by atoms with E-state index in [4.69, 9.17) is 0 Å². The van der Waals surface area contributed by atoms with Gasteiger partial charge in [-0.25, -0.2) is 13.8 Å². The van der Waals surface area contributed by atoms with E-state index in [-0.39, 0.29) is 10.6 Å². The summed E-state index contributed by atoms with van der Waals surface area (Å²) in [6, 6.07) is 10.9. The summed E-state index contributed by atoms with van der Waals surface area (Å²) in [5.41, 5.74) is 2.01. The van der Waals surface area contributed by atoms with E-state index in [1.165, 1.54) is 23.7 Å². The number of hydrogen-bond acceptors (Lipinski definition) is 4. The average molecular weight is 374 g/mol. The molecule has 7 heteroatoms. The van der Waals surface area contributed by atoms with Gasteiger partial charge in [0.2, 0.25) is 0 Å². The fourth-order valence-corrected chi connectivity index (χ4v) is 4.89. The zero-order valence-electron chi connectivity index (χ0n) is 13.9. The Balaban J connectivity index is 1.85. The van der Waals surface area contributed by atoms with Gasteiger partial charge in [-0.05, 0) is 49.1 Å². The number of aliphatic hydroxyl groups is 1. The number of aliphatic hydroxyl groups excluding tert-OH is 1. The van der Waals surface area contributed by atoms with Gasteiger partial charge in [0.25, 0.3) is 5.91 Å². The predicted molar refractivity (Wildman–Crippen MR) is 95.5 cm³/mol. The third-order valence-electron chi connectivity index (χ3n) is 4.69. The highest BCUT2D eigenvalue weighted by Gasteiger charge is 2.52. The topological polar surface area (TPSA) is 52.9 Å². The van der Waals surface area contributed by atoms with E-state index in [9.17, 15) is 18.7 Å². The summed E-state index contributed by atoms with van der Waals surface area (Å²) in [7, 11) is 0. The SMILES string of the molecule is C[C@H](O)C(=O)N1N=C(c2cc(F)ccc2F)SC12CCc1ccccc12. The van der Waals surface area contributed by atoms with Gasteiger partial charge in [0, 0.05) is 5.56 Å². The van der Waals surface area contributed by atoms with Crippen LogP contribution >= 0.6 is 11.8 Å². The molecule has 0 aromatic heterocycles. The second-order valence-electron chi connectivity index (χ2n) is 6.40. The van der Waals surface area contributed by atoms with Gasteiger partial charge in [0.05, 0.1) is 0 Å². The van der Waals surface area contributed by atoms with Crippen LogP contribution in [-0.2, 0) is 16.1 Å². The first kappa shape index (κ1) is 17.2. The van der Waals surface area contributed by atoms with Crippen LogP contribution in [0.5, 0.6) is 0 Å². The molecule has 2 aromatic carbocycles. The summed E-state index contributed by atoms with van der Waals surface area (Å²) < 4.78 is 27.9. The molecule has 2 aliphatic rings. The smallest absolute Gasteiger partial charge is 0.272 e. The average Bonchev–Trinajstić information content (AvgIpc) is 3.19. The van der Waals surface area contributed by atoms with Gasteiger partial charge in [-0.3, -0.25) is 4.79 Å². The molecular formula is C19H16F2N2O2S. The zero-order chi connectivity index (χ0) is 18.5. The van der Waals surface area contributed by atoms with Crippen LogP contribution < -0.4 is 0 Å². The fourth-order valence-electron chi connectivity index (χ4n) is 3.45. The number of rotatable bonds is 2. The molecule has 4 nitrogen and oxygen atoms in total. The number of halogens is 2. The lowest BCUT2D eigenvalue weighted by Gasteiger charge is -2.33. The van der Waals surface area contributed by atoms with E-state index >= 15 is 0 Å². The largest absolute Gasteiger partial charge is 0.383 e. The van der Waals surface area contributed by atoms with Crippen LogP contribution in [0.25, 0.3) is 0 Å². The van der Waals surface area contributed by atoms with Gasteiger partial charge < -0.3 is 5.11 Å². The van der Waals surface area contributed by atoms with E-state index < -0.39 is 28.5 Å². The van der Waals surface area contributed by atoms with Crippen LogP contribution in [0.2, 0.25) is 0 Å². The van der Waals surface area contributed by atoms with Crippen molar-refractivity contribution < 1.29 is 18.7 Å². The quantitative estimate of drug-likeness (QED) is 0.877. The summed E-state index contributed by atoms with van der Waals surface area (Å²) in [6.45, 7) is 1.37. The molecule has 2 atom stereocenters. The van der Waals surface area contributed by atoms with Gasteiger partial charge >= 0.3 is 0 Å². The molecule has 0 radical (unpaired) electrons. The molecule has 0 bridgehead atoms. The molecule has 134 valence electrons. The standard InChI is InChI=1S/C19H16F2N2O2S/c1-11(24)18(25)23-19(9-8-12-4-2-3-5-15(12)19)26-17(22-23)14-10-13(20)6-7-16(14)21/h2-7,10-11,24H,8-9H2,1H3/t11-,19?/m0/s1. The minimum Gasteiger partial charge on any atom is -0.383 e. The monoisotopic (exact) mass is 374 g/mol. The molecule has 1 heterocycles. The Kier molecular flexibility index (Phi) is 4.08. The minimum atomic E-state index is -1.25. The number of amides is 1. The number of hydrazone groups is 1. The van der Waals surface area contributed by atoms with Crippen molar-refractivity contribution in [1.82, 2.24) is 5.01 Å². The molecule has 0 saturated heterocycles. The molecular weight excluding hydrogens is 358 g/mol. The van der Waals surface area contributed by atoms with E-state index in [0.29, 0.717) is 6.42 Å². The molecule has 1 N–H and O–H groups in total. The maximum absolute atomic E-state index is 14.3. The van der Waals surface area contributed by atoms with Crippen molar-refractivity contribution in [2.75, 3.05) is 0 Å². The second kappa shape index (κ2) is 6.17. The predicted octanol–water partition coefficient (Wildman–Crippen LogP) is 3.38. The Morgan fingerprint density at radius 1 is 1.31 bits per heavy atom. The number of benzene rings is 2. The van der Waals surface area contributed by atoms with Crippen LogP contribution in [-0.4, -0.2) is 27.2 Å². The maximum Gasteiger partial charge on any atom is 0.272 e. The summed E-state index contributed by atoms with van der Waals surface area (Å²) in [5, 5.41) is 15.6. The third kappa shape index (κ3) is 2.54. The normalized spacial score (nSPS) is 22.5. The van der Waals surface area contributed by atoms with E-state index in [2.05, 4.69) is 5.10 Å². The van der Waals surface area contributed by atoms with E-state index in [0.717, 1.165) is 35.7 Å². The van der Waals surface area contributed by atoms with Crippen molar-refractivity contribution in [2.45, 2.75) is 30.7 Å². The van der Waals surface area contributed by atoms with Gasteiger partial charge in [-0.2, -0.15) is 5.10 Å². The van der Waals surface area contributed by atoms with Crippen LogP contribution in [0, 0.1) is 11.6 Å². The molecule has 1 unspecified atom stereocenters. The Labute approximate surface area is 153 Å². The first-order chi connectivity index (χ1) is 12.4. The number of fused-ring (bicyclic) bond motifs is 2. The molecule has 1 aliphatic carbocycles. The zero-order valence-corrected chi connectivity index (χ0v) is 14.8. The fraction of sp³-hybridized carbons (Fsp3) is 0.263. The minimum absolute atomic E-state index is 0.0136. The van der Waals surface area contributed by atoms with Crippen molar-refractivity contribution in [3.8, 4) is 0 Å². The van der Waals surface area contributed by atoms with Crippen molar-refractivity contribution in [1.29, 1.82) is 0 Å². The van der Waals surface area contributed by atoms with Crippen LogP contribution in [0.3, 0.4) is 0 Å². The number of carbonyl (C=O) groups is 1. The number of thioether (sulfide) groups is 1. The first-order valence-corrected chi connectivity index (χ1v) is 9.07. The van der Waals surface area contributed by atoms with Crippen molar-refractivity contribution >= 4 is 22.7 Å². The number of carbonyl (C=O) groups excluding carboxylic acids is 1. The first-order valence-electron chi connectivity index (χ1n) is 8.26. The molecule has 4 rings (SSSR count). The lowest BCUT2D eigenvalue weighted by Crippen LogP contribution is -2.44. The maximum atomic E-state index is 14.3. The molecule has 1 aliphatic heterocycles. The Hall–Kier alpha value is -2.25. The molecule has 1 spiro atoms. The molecule has 2 aromatic rings. The number of hydrogen-bond donors (Lipinski definition) is 1.